The molecule has 0 saturated carbocycles. The van der Waals surface area contributed by atoms with Crippen molar-refractivity contribution in [3.8, 4) is 0 Å². The molecule has 3 heterocycles. The quantitative estimate of drug-likeness (QED) is 0.369. The van der Waals surface area contributed by atoms with E-state index >= 15 is 0 Å². The van der Waals surface area contributed by atoms with E-state index in [0.29, 0.717) is 24.2 Å². The summed E-state index contributed by atoms with van der Waals surface area (Å²) in [7, 11) is 0. The van der Waals surface area contributed by atoms with Crippen molar-refractivity contribution in [2.24, 2.45) is 0 Å². The van der Waals surface area contributed by atoms with Gasteiger partial charge in [0.05, 0.1) is 12.0 Å². The lowest BCUT2D eigenvalue weighted by molar-refractivity contribution is -0.145. The van der Waals surface area contributed by atoms with Gasteiger partial charge in [-0.3, -0.25) is 9.69 Å². The largest absolute Gasteiger partial charge is 0.451 e. The fourth-order valence-electron chi connectivity index (χ4n) is 4.90. The first-order valence-electron chi connectivity index (χ1n) is 12.5. The highest BCUT2D eigenvalue weighted by Gasteiger charge is 2.39. The van der Waals surface area contributed by atoms with Crippen LogP contribution in [0, 0.1) is 0 Å². The molecule has 3 atom stereocenters. The number of anilines is 1. The van der Waals surface area contributed by atoms with Gasteiger partial charge < -0.3 is 10.6 Å². The molecule has 1 aliphatic carbocycles. The van der Waals surface area contributed by atoms with E-state index in [1.807, 2.05) is 19.9 Å². The Balaban J connectivity index is 1.53. The van der Waals surface area contributed by atoms with Crippen LogP contribution in [0.25, 0.3) is 0 Å². The van der Waals surface area contributed by atoms with Gasteiger partial charge in [-0.1, -0.05) is 6.07 Å². The fraction of sp³-hybridized carbons (Fsp3) is 0.600. The number of piperidine rings is 1. The molecule has 1 fully saturated rings. The normalized spacial score (nSPS) is 22.6. The third-order valence-electron chi connectivity index (χ3n) is 6.83. The van der Waals surface area contributed by atoms with Gasteiger partial charge in [-0.2, -0.15) is 13.2 Å². The molecule has 2 aromatic rings. The van der Waals surface area contributed by atoms with E-state index in [9.17, 15) is 26.7 Å². The molecular weight excluding hydrogens is 531 g/mol. The maximum Gasteiger partial charge on any atom is 0.451 e. The number of aromatic nitrogens is 3. The minimum atomic E-state index is -4.71. The minimum Gasteiger partial charge on any atom is -0.368 e. The Bertz CT molecular complexity index is 1120. The number of rotatable bonds is 7. The van der Waals surface area contributed by atoms with Crippen LogP contribution >= 0.6 is 11.6 Å². The zero-order valence-corrected chi connectivity index (χ0v) is 21.8. The maximum atomic E-state index is 13.8. The number of nitrogens with zero attached hydrogens (tertiary/aromatic N) is 4. The van der Waals surface area contributed by atoms with E-state index in [1.165, 1.54) is 0 Å². The Labute approximate surface area is 222 Å². The summed E-state index contributed by atoms with van der Waals surface area (Å²) >= 11 is 6.58. The summed E-state index contributed by atoms with van der Waals surface area (Å²) < 4.78 is 66.5. The van der Waals surface area contributed by atoms with Crippen molar-refractivity contribution in [3.05, 3.63) is 47.2 Å². The molecule has 1 saturated heterocycles. The molecule has 38 heavy (non-hydrogen) atoms. The molecule has 0 bridgehead atoms. The molecule has 13 heteroatoms. The maximum absolute atomic E-state index is 13.8. The van der Waals surface area contributed by atoms with Crippen LogP contribution in [0.15, 0.2) is 24.5 Å². The van der Waals surface area contributed by atoms with E-state index in [1.54, 1.807) is 11.0 Å². The summed E-state index contributed by atoms with van der Waals surface area (Å²) in [4.78, 5) is 26.6. The van der Waals surface area contributed by atoms with Crippen molar-refractivity contribution >= 4 is 23.3 Å². The van der Waals surface area contributed by atoms with E-state index < -0.39 is 48.1 Å². The number of halogens is 6. The van der Waals surface area contributed by atoms with Crippen molar-refractivity contribution in [1.29, 1.82) is 0 Å². The van der Waals surface area contributed by atoms with Crippen LogP contribution in [-0.4, -0.2) is 62.7 Å². The molecule has 7 nitrogen and oxygen atoms in total. The standard InChI is InChI=1S/C25H30ClF5N6O/c1-14(2)35-20-6-3-16-18(36-20)5-4-17(26)21(16)22(38)32-13-19(37-9-7-24(27,28)8-10-37)15-11-33-23(34-12-15)25(29,30)31/h3,6,11-12,14,17,19,21H,4-5,7-10,13H2,1-2H3,(H,32,38)(H,35,36). The van der Waals surface area contributed by atoms with E-state index in [2.05, 4.69) is 25.6 Å². The summed E-state index contributed by atoms with van der Waals surface area (Å²) in [5.41, 5.74) is 1.79. The van der Waals surface area contributed by atoms with E-state index in [4.69, 9.17) is 11.6 Å². The Hall–Kier alpha value is -2.60. The van der Waals surface area contributed by atoms with Crippen molar-refractivity contribution in [2.75, 3.05) is 25.0 Å². The first-order valence-corrected chi connectivity index (χ1v) is 13.0. The molecule has 208 valence electrons. The summed E-state index contributed by atoms with van der Waals surface area (Å²) in [6.45, 7) is 3.97. The number of carbonyl (C=O) groups is 1. The number of nitrogens with one attached hydrogen (secondary N) is 2. The average Bonchev–Trinajstić information content (AvgIpc) is 2.84. The van der Waals surface area contributed by atoms with Gasteiger partial charge in [0.1, 0.15) is 5.82 Å². The number of amides is 1. The minimum absolute atomic E-state index is 0.00843. The predicted molar refractivity (Wildman–Crippen MR) is 132 cm³/mol. The molecule has 2 aliphatic rings. The average molecular weight is 561 g/mol. The lowest BCUT2D eigenvalue weighted by Crippen LogP contribution is -2.46. The van der Waals surface area contributed by atoms with E-state index in [-0.39, 0.29) is 31.6 Å². The van der Waals surface area contributed by atoms with Crippen molar-refractivity contribution in [1.82, 2.24) is 25.2 Å². The van der Waals surface area contributed by atoms with Crippen LogP contribution in [0.4, 0.5) is 27.8 Å². The highest BCUT2D eigenvalue weighted by Crippen LogP contribution is 2.36. The Morgan fingerprint density at radius 1 is 1.18 bits per heavy atom. The third-order valence-corrected chi connectivity index (χ3v) is 7.30. The molecule has 0 spiro atoms. The highest BCUT2D eigenvalue weighted by molar-refractivity contribution is 6.23. The summed E-state index contributed by atoms with van der Waals surface area (Å²) in [5.74, 6) is -4.45. The van der Waals surface area contributed by atoms with Gasteiger partial charge in [-0.05, 0) is 38.3 Å². The van der Waals surface area contributed by atoms with E-state index in [0.717, 1.165) is 23.7 Å². The predicted octanol–water partition coefficient (Wildman–Crippen LogP) is 4.94. The second-order valence-corrected chi connectivity index (χ2v) is 10.6. The lowest BCUT2D eigenvalue weighted by atomic mass is 9.84. The van der Waals surface area contributed by atoms with Crippen LogP contribution in [0.3, 0.4) is 0 Å². The molecular formula is C25H30ClF5N6O. The molecule has 1 aliphatic heterocycles. The van der Waals surface area contributed by atoms with Gasteiger partial charge in [0.2, 0.25) is 11.7 Å². The lowest BCUT2D eigenvalue weighted by Gasteiger charge is -2.38. The zero-order chi connectivity index (χ0) is 27.7. The van der Waals surface area contributed by atoms with Crippen molar-refractivity contribution in [2.45, 2.75) is 75.0 Å². The number of fused-ring (bicyclic) bond motifs is 1. The van der Waals surface area contributed by atoms with Crippen LogP contribution < -0.4 is 10.6 Å². The topological polar surface area (TPSA) is 83.0 Å². The van der Waals surface area contributed by atoms with Crippen molar-refractivity contribution < 1.29 is 26.7 Å². The van der Waals surface area contributed by atoms with Crippen molar-refractivity contribution in [3.63, 3.8) is 0 Å². The zero-order valence-electron chi connectivity index (χ0n) is 21.0. The number of aryl methyl sites for hydroxylation is 1. The van der Waals surface area contributed by atoms with Crippen LogP contribution in [-0.2, 0) is 17.4 Å². The first-order chi connectivity index (χ1) is 17.8. The number of alkyl halides is 6. The van der Waals surface area contributed by atoms with Gasteiger partial charge in [0.15, 0.2) is 0 Å². The first kappa shape index (κ1) is 28.4. The van der Waals surface area contributed by atoms with Gasteiger partial charge in [-0.25, -0.2) is 23.7 Å². The smallest absolute Gasteiger partial charge is 0.368 e. The third kappa shape index (κ3) is 6.69. The Morgan fingerprint density at radius 3 is 2.45 bits per heavy atom. The Kier molecular flexibility index (Phi) is 8.41. The van der Waals surface area contributed by atoms with Gasteiger partial charge in [0, 0.05) is 67.5 Å². The van der Waals surface area contributed by atoms with Gasteiger partial charge in [0.25, 0.3) is 5.92 Å². The van der Waals surface area contributed by atoms with Gasteiger partial charge in [-0.15, -0.1) is 11.6 Å². The highest BCUT2D eigenvalue weighted by atomic mass is 35.5. The molecule has 4 rings (SSSR count). The number of carbonyl (C=O) groups excluding carboxylic acids is 1. The monoisotopic (exact) mass is 560 g/mol. The molecule has 1 amide bonds. The number of likely N-dealkylation sites (tertiary alicyclic amines) is 1. The molecule has 0 aromatic carbocycles. The summed E-state index contributed by atoms with van der Waals surface area (Å²) in [6, 6.07) is 3.12. The Morgan fingerprint density at radius 2 is 1.84 bits per heavy atom. The second-order valence-electron chi connectivity index (χ2n) is 10.1. The molecule has 2 aromatic heterocycles. The molecule has 2 N–H and O–H groups in total. The number of hydrogen-bond donors (Lipinski definition) is 2. The summed E-state index contributed by atoms with van der Waals surface area (Å²) in [5, 5.41) is 5.62. The van der Waals surface area contributed by atoms with Crippen LogP contribution in [0.1, 0.15) is 67.7 Å². The SMILES string of the molecule is CC(C)Nc1ccc2c(n1)CCC(Cl)C2C(=O)NCC(c1cnc(C(F)(F)F)nc1)N1CCC(F)(F)CC1. The molecule has 0 radical (unpaired) electrons. The molecule has 3 unspecified atom stereocenters. The van der Waals surface area contributed by atoms with Crippen LogP contribution in [0.2, 0.25) is 0 Å². The van der Waals surface area contributed by atoms with Crippen LogP contribution in [0.5, 0.6) is 0 Å². The summed E-state index contributed by atoms with van der Waals surface area (Å²) in [6.07, 6.45) is -2.26. The number of pyridine rings is 1. The van der Waals surface area contributed by atoms with Gasteiger partial charge >= 0.3 is 6.18 Å². The second kappa shape index (κ2) is 11.3. The number of hydrogen-bond acceptors (Lipinski definition) is 6. The fourth-order valence-corrected chi connectivity index (χ4v) is 5.26.